The SMILES string of the molecule is CCOc1cccc(OC2CCCC2NC)c1. The minimum absolute atomic E-state index is 0.289. The Morgan fingerprint density at radius 2 is 2.12 bits per heavy atom. The average molecular weight is 235 g/mol. The Kier molecular flexibility index (Phi) is 4.26. The maximum atomic E-state index is 6.02. The molecule has 2 unspecified atom stereocenters. The van der Waals surface area contributed by atoms with Crippen molar-refractivity contribution in [3.05, 3.63) is 24.3 Å². The molecule has 1 N–H and O–H groups in total. The predicted octanol–water partition coefficient (Wildman–Crippen LogP) is 2.60. The Morgan fingerprint density at radius 3 is 2.88 bits per heavy atom. The van der Waals surface area contributed by atoms with Crippen LogP contribution in [0.5, 0.6) is 11.5 Å². The smallest absolute Gasteiger partial charge is 0.123 e. The third-order valence-corrected chi connectivity index (χ3v) is 3.23. The molecule has 0 amide bonds. The summed E-state index contributed by atoms with van der Waals surface area (Å²) in [6.45, 7) is 2.67. The molecule has 0 radical (unpaired) electrons. The third kappa shape index (κ3) is 3.13. The summed E-state index contributed by atoms with van der Waals surface area (Å²) in [6.07, 6.45) is 3.86. The number of likely N-dealkylation sites (N-methyl/N-ethyl adjacent to an activating group) is 1. The van der Waals surface area contributed by atoms with Crippen LogP contribution in [0.2, 0.25) is 0 Å². The van der Waals surface area contributed by atoms with Crippen molar-refractivity contribution in [1.82, 2.24) is 5.32 Å². The van der Waals surface area contributed by atoms with Gasteiger partial charge in [0.2, 0.25) is 0 Å². The second-order valence-corrected chi connectivity index (χ2v) is 4.39. The van der Waals surface area contributed by atoms with Gasteiger partial charge in [-0.3, -0.25) is 0 Å². The maximum absolute atomic E-state index is 6.02. The van der Waals surface area contributed by atoms with E-state index in [1.807, 2.05) is 38.2 Å². The van der Waals surface area contributed by atoms with E-state index in [1.165, 1.54) is 12.8 Å². The van der Waals surface area contributed by atoms with Gasteiger partial charge in [0.25, 0.3) is 0 Å². The average Bonchev–Trinajstić information content (AvgIpc) is 2.77. The molecular formula is C14H21NO2. The summed E-state index contributed by atoms with van der Waals surface area (Å²) < 4.78 is 11.5. The summed E-state index contributed by atoms with van der Waals surface area (Å²) in [4.78, 5) is 0. The highest BCUT2D eigenvalue weighted by molar-refractivity contribution is 5.33. The predicted molar refractivity (Wildman–Crippen MR) is 68.7 cm³/mol. The van der Waals surface area contributed by atoms with Crippen LogP contribution in [-0.2, 0) is 0 Å². The Labute approximate surface area is 103 Å². The lowest BCUT2D eigenvalue weighted by Gasteiger charge is -2.21. The number of ether oxygens (including phenoxy) is 2. The van der Waals surface area contributed by atoms with Crippen molar-refractivity contribution >= 4 is 0 Å². The van der Waals surface area contributed by atoms with Crippen LogP contribution in [0.3, 0.4) is 0 Å². The highest BCUT2D eigenvalue weighted by atomic mass is 16.5. The van der Waals surface area contributed by atoms with E-state index in [4.69, 9.17) is 9.47 Å². The van der Waals surface area contributed by atoms with Crippen LogP contribution >= 0.6 is 0 Å². The van der Waals surface area contributed by atoms with Gasteiger partial charge in [-0.2, -0.15) is 0 Å². The molecule has 0 aromatic heterocycles. The first-order valence-corrected chi connectivity index (χ1v) is 6.40. The van der Waals surface area contributed by atoms with E-state index < -0.39 is 0 Å². The van der Waals surface area contributed by atoms with Crippen molar-refractivity contribution in [2.45, 2.75) is 38.3 Å². The van der Waals surface area contributed by atoms with Crippen LogP contribution in [0.25, 0.3) is 0 Å². The van der Waals surface area contributed by atoms with Gasteiger partial charge in [0.1, 0.15) is 17.6 Å². The van der Waals surface area contributed by atoms with Crippen molar-refractivity contribution in [2.24, 2.45) is 0 Å². The molecule has 0 spiro atoms. The van der Waals surface area contributed by atoms with Gasteiger partial charge in [0.15, 0.2) is 0 Å². The summed E-state index contributed by atoms with van der Waals surface area (Å²) in [5.74, 6) is 1.78. The number of hydrogen-bond acceptors (Lipinski definition) is 3. The monoisotopic (exact) mass is 235 g/mol. The lowest BCUT2D eigenvalue weighted by Crippen LogP contribution is -2.36. The number of nitrogens with one attached hydrogen (secondary N) is 1. The molecule has 0 bridgehead atoms. The molecular weight excluding hydrogens is 214 g/mol. The van der Waals surface area contributed by atoms with Crippen LogP contribution in [0, 0.1) is 0 Å². The molecule has 17 heavy (non-hydrogen) atoms. The number of benzene rings is 1. The largest absolute Gasteiger partial charge is 0.494 e. The van der Waals surface area contributed by atoms with Gasteiger partial charge in [0, 0.05) is 12.1 Å². The molecule has 1 fully saturated rings. The standard InChI is InChI=1S/C14H21NO2/c1-3-16-11-6-4-7-12(10-11)17-14-9-5-8-13(14)15-2/h4,6-7,10,13-15H,3,5,8-9H2,1-2H3. The molecule has 0 heterocycles. The molecule has 1 aliphatic carbocycles. The molecule has 0 aliphatic heterocycles. The fourth-order valence-corrected chi connectivity index (χ4v) is 2.38. The lowest BCUT2D eigenvalue weighted by atomic mass is 10.2. The molecule has 2 rings (SSSR count). The third-order valence-electron chi connectivity index (χ3n) is 3.23. The van der Waals surface area contributed by atoms with E-state index in [0.717, 1.165) is 17.9 Å². The second-order valence-electron chi connectivity index (χ2n) is 4.39. The second kappa shape index (κ2) is 5.92. The fourth-order valence-electron chi connectivity index (χ4n) is 2.38. The molecule has 1 aromatic rings. The Morgan fingerprint density at radius 1 is 1.29 bits per heavy atom. The van der Waals surface area contributed by atoms with Gasteiger partial charge in [-0.1, -0.05) is 6.07 Å². The topological polar surface area (TPSA) is 30.5 Å². The van der Waals surface area contributed by atoms with E-state index in [2.05, 4.69) is 5.32 Å². The van der Waals surface area contributed by atoms with Gasteiger partial charge in [0.05, 0.1) is 6.61 Å². The zero-order valence-electron chi connectivity index (χ0n) is 10.6. The van der Waals surface area contributed by atoms with E-state index >= 15 is 0 Å². The Balaban J connectivity index is 2.00. The van der Waals surface area contributed by atoms with Gasteiger partial charge >= 0.3 is 0 Å². The summed E-state index contributed by atoms with van der Waals surface area (Å²) >= 11 is 0. The zero-order valence-corrected chi connectivity index (χ0v) is 10.6. The highest BCUT2D eigenvalue weighted by Crippen LogP contribution is 2.26. The number of rotatable bonds is 5. The highest BCUT2D eigenvalue weighted by Gasteiger charge is 2.27. The van der Waals surface area contributed by atoms with Crippen LogP contribution < -0.4 is 14.8 Å². The maximum Gasteiger partial charge on any atom is 0.123 e. The fraction of sp³-hybridized carbons (Fsp3) is 0.571. The quantitative estimate of drug-likeness (QED) is 0.851. The van der Waals surface area contributed by atoms with Gasteiger partial charge in [-0.05, 0) is 45.4 Å². The first kappa shape index (κ1) is 12.2. The Bertz CT molecular complexity index is 354. The Hall–Kier alpha value is -1.22. The molecule has 0 saturated heterocycles. The van der Waals surface area contributed by atoms with Crippen LogP contribution in [0.4, 0.5) is 0 Å². The summed E-state index contributed by atoms with van der Waals surface area (Å²) in [7, 11) is 2.00. The van der Waals surface area contributed by atoms with Crippen molar-refractivity contribution in [2.75, 3.05) is 13.7 Å². The molecule has 3 nitrogen and oxygen atoms in total. The van der Waals surface area contributed by atoms with Crippen molar-refractivity contribution in [1.29, 1.82) is 0 Å². The van der Waals surface area contributed by atoms with Gasteiger partial charge in [-0.15, -0.1) is 0 Å². The first-order valence-electron chi connectivity index (χ1n) is 6.40. The summed E-state index contributed by atoms with van der Waals surface area (Å²) in [5.41, 5.74) is 0. The van der Waals surface area contributed by atoms with E-state index in [-0.39, 0.29) is 6.10 Å². The zero-order chi connectivity index (χ0) is 12.1. The molecule has 94 valence electrons. The van der Waals surface area contributed by atoms with Crippen molar-refractivity contribution in [3.8, 4) is 11.5 Å². The minimum atomic E-state index is 0.289. The summed E-state index contributed by atoms with van der Waals surface area (Å²) in [5, 5.41) is 3.32. The molecule has 3 heteroatoms. The van der Waals surface area contributed by atoms with E-state index in [9.17, 15) is 0 Å². The first-order chi connectivity index (χ1) is 8.33. The van der Waals surface area contributed by atoms with E-state index in [0.29, 0.717) is 12.6 Å². The van der Waals surface area contributed by atoms with E-state index in [1.54, 1.807) is 0 Å². The minimum Gasteiger partial charge on any atom is -0.494 e. The molecule has 1 saturated carbocycles. The summed E-state index contributed by atoms with van der Waals surface area (Å²) in [6, 6.07) is 8.37. The van der Waals surface area contributed by atoms with Gasteiger partial charge in [-0.25, -0.2) is 0 Å². The van der Waals surface area contributed by atoms with Crippen molar-refractivity contribution < 1.29 is 9.47 Å². The van der Waals surface area contributed by atoms with Crippen molar-refractivity contribution in [3.63, 3.8) is 0 Å². The number of hydrogen-bond donors (Lipinski definition) is 1. The van der Waals surface area contributed by atoms with Crippen LogP contribution in [0.15, 0.2) is 24.3 Å². The lowest BCUT2D eigenvalue weighted by molar-refractivity contribution is 0.178. The molecule has 1 aromatic carbocycles. The van der Waals surface area contributed by atoms with Crippen LogP contribution in [-0.4, -0.2) is 25.8 Å². The normalized spacial score (nSPS) is 23.6. The van der Waals surface area contributed by atoms with Gasteiger partial charge < -0.3 is 14.8 Å². The van der Waals surface area contributed by atoms with Crippen LogP contribution in [0.1, 0.15) is 26.2 Å². The molecule has 1 aliphatic rings. The molecule has 2 atom stereocenters.